The number of ether oxygens (including phenoxy) is 1. The van der Waals surface area contributed by atoms with Gasteiger partial charge in [0.15, 0.2) is 0 Å². The number of amides is 2. The number of nitrogens with zero attached hydrogens (tertiary/aromatic N) is 3. The summed E-state index contributed by atoms with van der Waals surface area (Å²) >= 11 is 0. The van der Waals surface area contributed by atoms with Crippen molar-refractivity contribution in [3.63, 3.8) is 0 Å². The molecule has 2 amide bonds. The van der Waals surface area contributed by atoms with Crippen LogP contribution in [0.15, 0.2) is 18.3 Å². The van der Waals surface area contributed by atoms with Crippen LogP contribution in [0.3, 0.4) is 0 Å². The van der Waals surface area contributed by atoms with E-state index in [1.54, 1.807) is 18.0 Å². The monoisotopic (exact) mass is 347 g/mol. The molecule has 1 aliphatic rings. The van der Waals surface area contributed by atoms with E-state index in [4.69, 9.17) is 4.74 Å². The molecule has 1 atom stereocenters. The predicted octanol–water partition coefficient (Wildman–Crippen LogP) is 3.92. The van der Waals surface area contributed by atoms with E-state index >= 15 is 0 Å². The molecule has 0 saturated carbocycles. The van der Waals surface area contributed by atoms with E-state index in [-0.39, 0.29) is 11.9 Å². The average Bonchev–Trinajstić information content (AvgIpc) is 2.54. The summed E-state index contributed by atoms with van der Waals surface area (Å²) in [5.74, 6) is 0.636. The highest BCUT2D eigenvalue weighted by Crippen LogP contribution is 2.35. The summed E-state index contributed by atoms with van der Waals surface area (Å²) in [4.78, 5) is 32.6. The molecular formula is C19H29N3O3. The van der Waals surface area contributed by atoms with Crippen molar-refractivity contribution in [2.45, 2.75) is 65.5 Å². The van der Waals surface area contributed by atoms with Gasteiger partial charge < -0.3 is 9.64 Å². The maximum atomic E-state index is 12.6. The molecule has 2 rings (SSSR count). The number of carbonyl (C=O) groups excluding carboxylic acids is 2. The van der Waals surface area contributed by atoms with Crippen molar-refractivity contribution in [1.29, 1.82) is 0 Å². The number of rotatable bonds is 3. The Kier molecular flexibility index (Phi) is 6.03. The van der Waals surface area contributed by atoms with Crippen LogP contribution in [0.4, 0.5) is 10.6 Å². The first-order valence-electron chi connectivity index (χ1n) is 8.97. The molecule has 0 aliphatic carbocycles. The Labute approximate surface area is 150 Å². The maximum Gasteiger partial charge on any atom is 0.415 e. The summed E-state index contributed by atoms with van der Waals surface area (Å²) in [6.07, 6.45) is 4.20. The Morgan fingerprint density at radius 1 is 1.36 bits per heavy atom. The highest BCUT2D eigenvalue weighted by atomic mass is 16.6. The van der Waals surface area contributed by atoms with E-state index in [9.17, 15) is 9.59 Å². The molecular weight excluding hydrogens is 318 g/mol. The number of pyridine rings is 1. The number of carbonyl (C=O) groups is 2. The molecule has 0 radical (unpaired) electrons. The Bertz CT molecular complexity index is 625. The van der Waals surface area contributed by atoms with Crippen molar-refractivity contribution in [3.05, 3.63) is 23.9 Å². The number of aromatic nitrogens is 1. The topological polar surface area (TPSA) is 62.7 Å². The van der Waals surface area contributed by atoms with Crippen LogP contribution >= 0.6 is 0 Å². The largest absolute Gasteiger partial charge is 0.443 e. The van der Waals surface area contributed by atoms with Gasteiger partial charge in [-0.05, 0) is 53.0 Å². The molecule has 6 heteroatoms. The van der Waals surface area contributed by atoms with Gasteiger partial charge in [-0.15, -0.1) is 0 Å². The number of anilines is 1. The van der Waals surface area contributed by atoms with Gasteiger partial charge in [-0.2, -0.15) is 0 Å². The quantitative estimate of drug-likeness (QED) is 0.831. The lowest BCUT2D eigenvalue weighted by Crippen LogP contribution is -2.40. The fourth-order valence-corrected chi connectivity index (χ4v) is 3.21. The molecule has 138 valence electrons. The third kappa shape index (κ3) is 4.71. The van der Waals surface area contributed by atoms with E-state index < -0.39 is 11.7 Å². The van der Waals surface area contributed by atoms with Crippen LogP contribution in [0.2, 0.25) is 0 Å². The molecule has 1 aliphatic heterocycles. The Hall–Kier alpha value is -2.11. The SMILES string of the molecule is CCN(C(=O)OC(C)(C)C)c1ncccc1C1CCCCN1C(C)=O. The summed E-state index contributed by atoms with van der Waals surface area (Å²) in [5, 5.41) is 0. The first-order valence-corrected chi connectivity index (χ1v) is 8.97. The lowest BCUT2D eigenvalue weighted by molar-refractivity contribution is -0.132. The van der Waals surface area contributed by atoms with Gasteiger partial charge in [-0.25, -0.2) is 9.78 Å². The van der Waals surface area contributed by atoms with Crippen molar-refractivity contribution in [3.8, 4) is 0 Å². The fourth-order valence-electron chi connectivity index (χ4n) is 3.21. The second-order valence-corrected chi connectivity index (χ2v) is 7.36. The maximum absolute atomic E-state index is 12.6. The summed E-state index contributed by atoms with van der Waals surface area (Å²) in [5.41, 5.74) is 0.334. The average molecular weight is 347 g/mol. The minimum absolute atomic E-state index is 0.0496. The summed E-state index contributed by atoms with van der Waals surface area (Å²) in [7, 11) is 0. The number of piperidine rings is 1. The van der Waals surface area contributed by atoms with Gasteiger partial charge in [0.05, 0.1) is 6.04 Å². The fraction of sp³-hybridized carbons (Fsp3) is 0.632. The summed E-state index contributed by atoms with van der Waals surface area (Å²) in [6, 6.07) is 3.77. The molecule has 6 nitrogen and oxygen atoms in total. The Balaban J connectivity index is 2.38. The molecule has 1 fully saturated rings. The third-order valence-electron chi connectivity index (χ3n) is 4.27. The van der Waals surface area contributed by atoms with Gasteiger partial charge >= 0.3 is 6.09 Å². The van der Waals surface area contributed by atoms with Gasteiger partial charge in [0.1, 0.15) is 11.4 Å². The summed E-state index contributed by atoms with van der Waals surface area (Å²) < 4.78 is 5.53. The lowest BCUT2D eigenvalue weighted by Gasteiger charge is -2.37. The van der Waals surface area contributed by atoms with Gasteiger partial charge in [-0.1, -0.05) is 6.07 Å². The Morgan fingerprint density at radius 2 is 2.08 bits per heavy atom. The van der Waals surface area contributed by atoms with Gasteiger partial charge in [0.2, 0.25) is 5.91 Å². The molecule has 0 aromatic carbocycles. The second kappa shape index (κ2) is 7.85. The molecule has 2 heterocycles. The zero-order chi connectivity index (χ0) is 18.6. The molecule has 0 N–H and O–H groups in total. The van der Waals surface area contributed by atoms with Crippen molar-refractivity contribution < 1.29 is 14.3 Å². The number of hydrogen-bond acceptors (Lipinski definition) is 4. The van der Waals surface area contributed by atoms with Crippen molar-refractivity contribution in [2.24, 2.45) is 0 Å². The minimum atomic E-state index is -0.574. The van der Waals surface area contributed by atoms with Crippen LogP contribution in [0.25, 0.3) is 0 Å². The van der Waals surface area contributed by atoms with Gasteiger partial charge in [-0.3, -0.25) is 9.69 Å². The van der Waals surface area contributed by atoms with E-state index in [0.717, 1.165) is 31.4 Å². The van der Waals surface area contributed by atoms with Crippen LogP contribution in [-0.4, -0.2) is 40.6 Å². The molecule has 1 aromatic heterocycles. The van der Waals surface area contributed by atoms with E-state index in [2.05, 4.69) is 4.98 Å². The highest BCUT2D eigenvalue weighted by Gasteiger charge is 2.31. The standard InChI is InChI=1S/C19H29N3O3/c1-6-21(18(24)25-19(3,4)5)17-15(10-9-12-20-17)16-11-7-8-13-22(16)14(2)23/h9-10,12,16H,6-8,11,13H2,1-5H3. The van der Waals surface area contributed by atoms with Crippen LogP contribution in [0.5, 0.6) is 0 Å². The third-order valence-corrected chi connectivity index (χ3v) is 4.27. The molecule has 0 spiro atoms. The van der Waals surface area contributed by atoms with Crippen molar-refractivity contribution in [1.82, 2.24) is 9.88 Å². The predicted molar refractivity (Wildman–Crippen MR) is 97.5 cm³/mol. The van der Waals surface area contributed by atoms with Gasteiger partial charge in [0.25, 0.3) is 0 Å². The first-order chi connectivity index (χ1) is 11.7. The molecule has 1 aromatic rings. The van der Waals surface area contributed by atoms with Crippen molar-refractivity contribution in [2.75, 3.05) is 18.0 Å². The zero-order valence-electron chi connectivity index (χ0n) is 15.9. The van der Waals surface area contributed by atoms with E-state index in [1.807, 2.05) is 44.7 Å². The van der Waals surface area contributed by atoms with E-state index in [1.165, 1.54) is 0 Å². The Morgan fingerprint density at radius 3 is 2.68 bits per heavy atom. The van der Waals surface area contributed by atoms with Crippen molar-refractivity contribution >= 4 is 17.8 Å². The molecule has 0 bridgehead atoms. The van der Waals surface area contributed by atoms with Crippen LogP contribution in [0, 0.1) is 0 Å². The zero-order valence-corrected chi connectivity index (χ0v) is 15.9. The summed E-state index contributed by atoms with van der Waals surface area (Å²) in [6.45, 7) is 10.2. The highest BCUT2D eigenvalue weighted by molar-refractivity contribution is 5.87. The van der Waals surface area contributed by atoms with Gasteiger partial charge in [0, 0.05) is 31.8 Å². The van der Waals surface area contributed by atoms with Crippen LogP contribution in [-0.2, 0) is 9.53 Å². The molecule has 1 saturated heterocycles. The van der Waals surface area contributed by atoms with Crippen LogP contribution < -0.4 is 4.90 Å². The number of likely N-dealkylation sites (tertiary alicyclic amines) is 1. The lowest BCUT2D eigenvalue weighted by atomic mass is 9.95. The smallest absolute Gasteiger partial charge is 0.415 e. The molecule has 1 unspecified atom stereocenters. The van der Waals surface area contributed by atoms with Crippen LogP contribution in [0.1, 0.15) is 65.5 Å². The first kappa shape index (κ1) is 19.2. The normalized spacial score (nSPS) is 18.0. The minimum Gasteiger partial charge on any atom is -0.443 e. The van der Waals surface area contributed by atoms with E-state index in [0.29, 0.717) is 12.4 Å². The molecule has 25 heavy (non-hydrogen) atoms. The number of hydrogen-bond donors (Lipinski definition) is 0. The second-order valence-electron chi connectivity index (χ2n) is 7.36.